The number of carbonyl (C=O) groups is 1. The lowest BCUT2D eigenvalue weighted by Gasteiger charge is -2.18. The molecule has 1 aliphatic rings. The molecule has 1 atom stereocenters. The van der Waals surface area contributed by atoms with Gasteiger partial charge in [0, 0.05) is 18.8 Å². The van der Waals surface area contributed by atoms with Crippen molar-refractivity contribution in [1.29, 1.82) is 0 Å². The Kier molecular flexibility index (Phi) is 2.61. The van der Waals surface area contributed by atoms with Crippen LogP contribution in [-0.4, -0.2) is 15.9 Å². The van der Waals surface area contributed by atoms with Crippen LogP contribution in [0.5, 0.6) is 0 Å². The van der Waals surface area contributed by atoms with E-state index in [-0.39, 0.29) is 5.92 Å². The minimum absolute atomic E-state index is 0.114. The molecular formula is C10H14N2O2. The van der Waals surface area contributed by atoms with E-state index in [0.717, 1.165) is 25.7 Å². The molecule has 0 N–H and O–H groups in total. The number of carbonyl (C=O) groups excluding carboxylic acids is 1. The Morgan fingerprint density at radius 3 is 3.00 bits per heavy atom. The van der Waals surface area contributed by atoms with E-state index in [9.17, 15) is 4.79 Å². The molecule has 0 aliphatic heterocycles. The molecule has 0 radical (unpaired) electrons. The number of aromatic nitrogens is 2. The third-order valence-corrected chi connectivity index (χ3v) is 2.67. The summed E-state index contributed by atoms with van der Waals surface area (Å²) in [6.07, 6.45) is 4.50. The average molecular weight is 194 g/mol. The maximum Gasteiger partial charge on any atom is 0.227 e. The molecule has 76 valence electrons. The van der Waals surface area contributed by atoms with Crippen LogP contribution in [0.3, 0.4) is 0 Å². The van der Waals surface area contributed by atoms with Crippen LogP contribution < -0.4 is 0 Å². The van der Waals surface area contributed by atoms with Gasteiger partial charge in [-0.15, -0.1) is 0 Å². The number of aryl methyl sites for hydroxylation is 1. The van der Waals surface area contributed by atoms with Gasteiger partial charge in [0.25, 0.3) is 0 Å². The highest BCUT2D eigenvalue weighted by Crippen LogP contribution is 2.23. The zero-order chi connectivity index (χ0) is 9.97. The van der Waals surface area contributed by atoms with E-state index in [2.05, 4.69) is 10.1 Å². The van der Waals surface area contributed by atoms with E-state index in [0.29, 0.717) is 23.9 Å². The molecule has 1 fully saturated rings. The van der Waals surface area contributed by atoms with Crippen molar-refractivity contribution in [1.82, 2.24) is 10.1 Å². The minimum atomic E-state index is 0.114. The van der Waals surface area contributed by atoms with Gasteiger partial charge < -0.3 is 4.52 Å². The first kappa shape index (κ1) is 9.37. The van der Waals surface area contributed by atoms with Gasteiger partial charge in [0.05, 0.1) is 0 Å². The summed E-state index contributed by atoms with van der Waals surface area (Å²) in [4.78, 5) is 15.6. The van der Waals surface area contributed by atoms with Gasteiger partial charge in [-0.25, -0.2) is 0 Å². The van der Waals surface area contributed by atoms with Gasteiger partial charge >= 0.3 is 0 Å². The lowest BCUT2D eigenvalue weighted by Crippen LogP contribution is -2.21. The van der Waals surface area contributed by atoms with Crippen molar-refractivity contribution in [2.75, 3.05) is 0 Å². The lowest BCUT2D eigenvalue weighted by atomic mass is 9.86. The maximum absolute atomic E-state index is 11.5. The first-order valence-electron chi connectivity index (χ1n) is 5.07. The van der Waals surface area contributed by atoms with Gasteiger partial charge in [-0.2, -0.15) is 4.98 Å². The Labute approximate surface area is 82.7 Å². The zero-order valence-electron chi connectivity index (χ0n) is 8.32. The van der Waals surface area contributed by atoms with Crippen molar-refractivity contribution < 1.29 is 9.32 Å². The largest absolute Gasteiger partial charge is 0.339 e. The van der Waals surface area contributed by atoms with Crippen molar-refractivity contribution in [3.05, 3.63) is 11.7 Å². The molecule has 0 amide bonds. The summed E-state index contributed by atoms with van der Waals surface area (Å²) in [5, 5.41) is 3.71. The third-order valence-electron chi connectivity index (χ3n) is 2.67. The van der Waals surface area contributed by atoms with Gasteiger partial charge in [0.15, 0.2) is 5.82 Å². The van der Waals surface area contributed by atoms with E-state index in [1.54, 1.807) is 6.92 Å². The molecule has 1 aliphatic carbocycles. The second-order valence-corrected chi connectivity index (χ2v) is 3.85. The first-order chi connectivity index (χ1) is 6.75. The van der Waals surface area contributed by atoms with E-state index in [1.165, 1.54) is 0 Å². The van der Waals surface area contributed by atoms with Crippen molar-refractivity contribution >= 4 is 5.78 Å². The lowest BCUT2D eigenvalue weighted by molar-refractivity contribution is -0.124. The SMILES string of the molecule is Cc1noc(CC2CCCCC2=O)n1. The van der Waals surface area contributed by atoms with Crippen LogP contribution in [0.25, 0.3) is 0 Å². The number of rotatable bonds is 2. The quantitative estimate of drug-likeness (QED) is 0.718. The average Bonchev–Trinajstić information content (AvgIpc) is 2.56. The highest BCUT2D eigenvalue weighted by molar-refractivity contribution is 5.81. The summed E-state index contributed by atoms with van der Waals surface area (Å²) >= 11 is 0. The van der Waals surface area contributed by atoms with Crippen LogP contribution in [0.15, 0.2) is 4.52 Å². The van der Waals surface area contributed by atoms with Crippen LogP contribution in [0.4, 0.5) is 0 Å². The van der Waals surface area contributed by atoms with Crippen LogP contribution in [-0.2, 0) is 11.2 Å². The predicted octanol–water partition coefficient (Wildman–Crippen LogP) is 1.68. The molecule has 1 unspecified atom stereocenters. The molecule has 0 aromatic carbocycles. The van der Waals surface area contributed by atoms with Crippen molar-refractivity contribution in [3.63, 3.8) is 0 Å². The number of Topliss-reactive ketones (excluding diaryl/α,β-unsaturated/α-hetero) is 1. The molecule has 1 saturated carbocycles. The fourth-order valence-corrected chi connectivity index (χ4v) is 1.90. The van der Waals surface area contributed by atoms with E-state index in [4.69, 9.17) is 4.52 Å². The van der Waals surface area contributed by atoms with Crippen molar-refractivity contribution in [2.24, 2.45) is 5.92 Å². The fraction of sp³-hybridized carbons (Fsp3) is 0.700. The summed E-state index contributed by atoms with van der Waals surface area (Å²) in [6.45, 7) is 1.79. The smallest absolute Gasteiger partial charge is 0.227 e. The molecule has 0 bridgehead atoms. The van der Waals surface area contributed by atoms with E-state index in [1.807, 2.05) is 0 Å². The van der Waals surface area contributed by atoms with Crippen LogP contribution in [0.1, 0.15) is 37.4 Å². The normalized spacial score (nSPS) is 22.6. The number of hydrogen-bond acceptors (Lipinski definition) is 4. The Balaban J connectivity index is 1.99. The third kappa shape index (κ3) is 2.00. The van der Waals surface area contributed by atoms with Crippen molar-refractivity contribution in [3.8, 4) is 0 Å². The highest BCUT2D eigenvalue weighted by atomic mass is 16.5. The molecule has 4 heteroatoms. The summed E-state index contributed by atoms with van der Waals surface area (Å²) in [6, 6.07) is 0. The van der Waals surface area contributed by atoms with Crippen LogP contribution in [0, 0.1) is 12.8 Å². The van der Waals surface area contributed by atoms with Gasteiger partial charge in [-0.1, -0.05) is 11.6 Å². The van der Waals surface area contributed by atoms with E-state index < -0.39 is 0 Å². The Bertz CT molecular complexity index is 333. The topological polar surface area (TPSA) is 56.0 Å². The van der Waals surface area contributed by atoms with Gasteiger partial charge in [0.2, 0.25) is 5.89 Å². The summed E-state index contributed by atoms with van der Waals surface area (Å²) in [5.74, 6) is 1.71. The maximum atomic E-state index is 11.5. The molecule has 2 rings (SSSR count). The second-order valence-electron chi connectivity index (χ2n) is 3.85. The van der Waals surface area contributed by atoms with E-state index >= 15 is 0 Å². The molecule has 4 nitrogen and oxygen atoms in total. The summed E-state index contributed by atoms with van der Waals surface area (Å²) in [5.41, 5.74) is 0. The summed E-state index contributed by atoms with van der Waals surface area (Å²) in [7, 11) is 0. The van der Waals surface area contributed by atoms with Gasteiger partial charge in [-0.3, -0.25) is 4.79 Å². The Morgan fingerprint density at radius 2 is 2.36 bits per heavy atom. The van der Waals surface area contributed by atoms with Gasteiger partial charge in [0.1, 0.15) is 5.78 Å². The number of nitrogens with zero attached hydrogens (tertiary/aromatic N) is 2. The highest BCUT2D eigenvalue weighted by Gasteiger charge is 2.24. The number of hydrogen-bond donors (Lipinski definition) is 0. The molecule has 1 heterocycles. The predicted molar refractivity (Wildman–Crippen MR) is 49.7 cm³/mol. The van der Waals surface area contributed by atoms with Crippen molar-refractivity contribution in [2.45, 2.75) is 39.0 Å². The Hall–Kier alpha value is -1.19. The molecule has 0 saturated heterocycles. The van der Waals surface area contributed by atoms with Crippen LogP contribution >= 0.6 is 0 Å². The van der Waals surface area contributed by atoms with Crippen LogP contribution in [0.2, 0.25) is 0 Å². The number of ketones is 1. The molecule has 1 aromatic rings. The first-order valence-corrected chi connectivity index (χ1v) is 5.07. The standard InChI is InChI=1S/C10H14N2O2/c1-7-11-10(14-12-7)6-8-4-2-3-5-9(8)13/h8H,2-6H2,1H3. The molecule has 14 heavy (non-hydrogen) atoms. The molecular weight excluding hydrogens is 180 g/mol. The monoisotopic (exact) mass is 194 g/mol. The Morgan fingerprint density at radius 1 is 1.50 bits per heavy atom. The zero-order valence-corrected chi connectivity index (χ0v) is 8.32. The summed E-state index contributed by atoms with van der Waals surface area (Å²) < 4.78 is 5.00. The fourth-order valence-electron chi connectivity index (χ4n) is 1.90. The minimum Gasteiger partial charge on any atom is -0.339 e. The molecule has 0 spiro atoms. The van der Waals surface area contributed by atoms with Gasteiger partial charge in [-0.05, 0) is 19.8 Å². The molecule has 1 aromatic heterocycles. The second kappa shape index (κ2) is 3.90.